The Bertz CT molecular complexity index is 1930. The van der Waals surface area contributed by atoms with Crippen molar-refractivity contribution in [3.8, 4) is 17.1 Å². The molecule has 1 saturated heterocycles. The molecule has 11 heteroatoms. The highest BCUT2D eigenvalue weighted by molar-refractivity contribution is 5.92. The Labute approximate surface area is 250 Å². The van der Waals surface area contributed by atoms with Crippen LogP contribution in [-0.2, 0) is 24.3 Å². The number of aromatic carboxylic acids is 1. The van der Waals surface area contributed by atoms with Crippen LogP contribution in [0.4, 0.5) is 18.9 Å². The van der Waals surface area contributed by atoms with E-state index in [1.807, 2.05) is 4.57 Å². The van der Waals surface area contributed by atoms with Gasteiger partial charge in [-0.3, -0.25) is 0 Å². The van der Waals surface area contributed by atoms with E-state index >= 15 is 8.78 Å². The molecule has 1 N–H and O–H groups in total. The predicted octanol–water partition coefficient (Wildman–Crippen LogP) is 7.11. The maximum atomic E-state index is 15.5. The number of pyridine rings is 1. The van der Waals surface area contributed by atoms with Gasteiger partial charge in [0.1, 0.15) is 18.2 Å². The molecular weight excluding hydrogens is 573 g/mol. The van der Waals surface area contributed by atoms with Crippen LogP contribution in [0, 0.1) is 24.0 Å². The van der Waals surface area contributed by atoms with Crippen molar-refractivity contribution < 1.29 is 32.5 Å². The lowest BCUT2D eigenvalue weighted by Gasteiger charge is -2.15. The van der Waals surface area contributed by atoms with Crippen LogP contribution in [0.1, 0.15) is 40.2 Å². The van der Waals surface area contributed by atoms with Gasteiger partial charge < -0.3 is 19.1 Å². The predicted molar refractivity (Wildman–Crippen MR) is 155 cm³/mol. The van der Waals surface area contributed by atoms with Crippen molar-refractivity contribution in [1.29, 1.82) is 0 Å². The van der Waals surface area contributed by atoms with Gasteiger partial charge in [0, 0.05) is 30.2 Å². The van der Waals surface area contributed by atoms with Gasteiger partial charge in [-0.05, 0) is 54.8 Å². The second-order valence-corrected chi connectivity index (χ2v) is 10.4. The summed E-state index contributed by atoms with van der Waals surface area (Å²) in [7, 11) is 0. The first-order valence-electron chi connectivity index (χ1n) is 13.9. The van der Waals surface area contributed by atoms with Crippen LogP contribution in [0.2, 0.25) is 0 Å². The molecule has 2 aromatic heterocycles. The molecule has 0 amide bonds. The standard InChI is InChI=1S/C33H25F3N4O4/c1-37-22-10-7-21(25(34)16-22)18-44-30-6-2-5-26(39-30)24-11-8-19(31(35)32(24)36)15-29-38-27-12-9-20(33(41)42)14-28(27)40(29)17-23-4-3-13-43-23/h2,5-12,14,16,23H,3-4,13,15,17-18H2,(H,41,42). The summed E-state index contributed by atoms with van der Waals surface area (Å²) in [5.41, 5.74) is 1.72. The topological polar surface area (TPSA) is 90.8 Å². The van der Waals surface area contributed by atoms with Crippen LogP contribution in [0.15, 0.2) is 66.7 Å². The molecule has 0 aliphatic carbocycles. The number of hydrogen-bond donors (Lipinski definition) is 1. The van der Waals surface area contributed by atoms with Gasteiger partial charge in [0.05, 0.1) is 41.5 Å². The Kier molecular flexibility index (Phi) is 8.00. The minimum absolute atomic E-state index is 0.0404. The normalized spacial score (nSPS) is 14.5. The monoisotopic (exact) mass is 598 g/mol. The van der Waals surface area contributed by atoms with E-state index < -0.39 is 23.4 Å². The SMILES string of the molecule is [C-]#[N+]c1ccc(COc2cccc(-c3ccc(Cc4nc5ccc(C(=O)O)cc5n4CC4CCCO4)c(F)c3F)n2)c(F)c1. The average Bonchev–Trinajstić information content (AvgIpc) is 3.66. The molecule has 1 aliphatic heterocycles. The van der Waals surface area contributed by atoms with Gasteiger partial charge in [-0.25, -0.2) is 32.8 Å². The fourth-order valence-corrected chi connectivity index (χ4v) is 5.25. The highest BCUT2D eigenvalue weighted by atomic mass is 19.2. The number of benzene rings is 3. The molecule has 0 bridgehead atoms. The molecular formula is C33H25F3N4O4. The van der Waals surface area contributed by atoms with Crippen molar-refractivity contribution in [3.63, 3.8) is 0 Å². The first-order valence-corrected chi connectivity index (χ1v) is 13.9. The van der Waals surface area contributed by atoms with Crippen LogP contribution >= 0.6 is 0 Å². The molecule has 1 atom stereocenters. The summed E-state index contributed by atoms with van der Waals surface area (Å²) >= 11 is 0. The largest absolute Gasteiger partial charge is 0.478 e. The lowest BCUT2D eigenvalue weighted by molar-refractivity contribution is 0.0697. The van der Waals surface area contributed by atoms with Crippen molar-refractivity contribution in [2.24, 2.45) is 0 Å². The molecule has 8 nitrogen and oxygen atoms in total. The third-order valence-electron chi connectivity index (χ3n) is 7.54. The quantitative estimate of drug-likeness (QED) is 0.182. The molecule has 3 heterocycles. The van der Waals surface area contributed by atoms with E-state index in [-0.39, 0.29) is 58.6 Å². The van der Waals surface area contributed by atoms with Crippen molar-refractivity contribution >= 4 is 22.7 Å². The Hall–Kier alpha value is -5.21. The minimum Gasteiger partial charge on any atom is -0.478 e. The summed E-state index contributed by atoms with van der Waals surface area (Å²) in [4.78, 5) is 23.7. The molecule has 6 rings (SSSR count). The van der Waals surface area contributed by atoms with Gasteiger partial charge in [0.25, 0.3) is 0 Å². The van der Waals surface area contributed by atoms with E-state index in [0.717, 1.165) is 18.9 Å². The second kappa shape index (κ2) is 12.2. The summed E-state index contributed by atoms with van der Waals surface area (Å²) in [5, 5.41) is 9.49. The van der Waals surface area contributed by atoms with Gasteiger partial charge in [-0.1, -0.05) is 24.3 Å². The Morgan fingerprint density at radius 1 is 1.05 bits per heavy atom. The van der Waals surface area contributed by atoms with Crippen molar-refractivity contribution in [2.75, 3.05) is 6.61 Å². The first-order chi connectivity index (χ1) is 21.3. The molecule has 1 aliphatic rings. The number of aromatic nitrogens is 3. The maximum absolute atomic E-state index is 15.5. The Morgan fingerprint density at radius 2 is 1.89 bits per heavy atom. The molecule has 0 saturated carbocycles. The number of fused-ring (bicyclic) bond motifs is 1. The summed E-state index contributed by atoms with van der Waals surface area (Å²) in [6.07, 6.45) is 1.59. The number of hydrogen-bond acceptors (Lipinski definition) is 5. The van der Waals surface area contributed by atoms with Crippen LogP contribution < -0.4 is 4.74 Å². The van der Waals surface area contributed by atoms with E-state index in [2.05, 4.69) is 14.8 Å². The molecule has 222 valence electrons. The Balaban J connectivity index is 1.26. The molecule has 1 unspecified atom stereocenters. The fraction of sp³-hybridized carbons (Fsp3) is 0.212. The van der Waals surface area contributed by atoms with Crippen molar-refractivity contribution in [2.45, 2.75) is 38.5 Å². The van der Waals surface area contributed by atoms with Gasteiger partial charge >= 0.3 is 5.97 Å². The average molecular weight is 599 g/mol. The lowest BCUT2D eigenvalue weighted by Crippen LogP contribution is -2.17. The number of carbonyl (C=O) groups is 1. The van der Waals surface area contributed by atoms with Gasteiger partial charge in [-0.2, -0.15) is 0 Å². The van der Waals surface area contributed by atoms with Crippen molar-refractivity contribution in [3.05, 3.63) is 118 Å². The molecule has 0 spiro atoms. The maximum Gasteiger partial charge on any atom is 0.335 e. The van der Waals surface area contributed by atoms with Crippen molar-refractivity contribution in [1.82, 2.24) is 14.5 Å². The third-order valence-corrected chi connectivity index (χ3v) is 7.54. The molecule has 0 radical (unpaired) electrons. The molecule has 3 aromatic carbocycles. The minimum atomic E-state index is -1.09. The number of rotatable bonds is 9. The lowest BCUT2D eigenvalue weighted by atomic mass is 10.0. The second-order valence-electron chi connectivity index (χ2n) is 10.4. The van der Waals surface area contributed by atoms with Gasteiger partial charge in [0.2, 0.25) is 5.88 Å². The van der Waals surface area contributed by atoms with E-state index in [0.29, 0.717) is 30.0 Å². The summed E-state index contributed by atoms with van der Waals surface area (Å²) < 4.78 is 58.5. The van der Waals surface area contributed by atoms with E-state index in [4.69, 9.17) is 16.0 Å². The highest BCUT2D eigenvalue weighted by Gasteiger charge is 2.23. The van der Waals surface area contributed by atoms with Gasteiger partial charge in [0.15, 0.2) is 17.3 Å². The highest BCUT2D eigenvalue weighted by Crippen LogP contribution is 2.30. The molecule has 44 heavy (non-hydrogen) atoms. The number of ether oxygens (including phenoxy) is 2. The number of halogens is 3. The fourth-order valence-electron chi connectivity index (χ4n) is 5.25. The zero-order valence-corrected chi connectivity index (χ0v) is 23.3. The van der Waals surface area contributed by atoms with E-state index in [1.54, 1.807) is 12.1 Å². The number of imidazole rings is 1. The molecule has 1 fully saturated rings. The first kappa shape index (κ1) is 28.9. The van der Waals surface area contributed by atoms with E-state index in [9.17, 15) is 14.3 Å². The zero-order chi connectivity index (χ0) is 30.8. The summed E-state index contributed by atoms with van der Waals surface area (Å²) in [6, 6.07) is 16.1. The smallest absolute Gasteiger partial charge is 0.335 e. The summed E-state index contributed by atoms with van der Waals surface area (Å²) in [6.45, 7) is 7.84. The number of nitrogens with zero attached hydrogens (tertiary/aromatic N) is 4. The van der Waals surface area contributed by atoms with Crippen LogP contribution in [0.25, 0.3) is 27.1 Å². The molecule has 5 aromatic rings. The van der Waals surface area contributed by atoms with Crippen LogP contribution in [-0.4, -0.2) is 38.3 Å². The summed E-state index contributed by atoms with van der Waals surface area (Å²) in [5.74, 6) is -3.28. The van der Waals surface area contributed by atoms with Crippen LogP contribution in [0.3, 0.4) is 0 Å². The van der Waals surface area contributed by atoms with Gasteiger partial charge in [-0.15, -0.1) is 0 Å². The van der Waals surface area contributed by atoms with Crippen LogP contribution in [0.5, 0.6) is 5.88 Å². The number of carboxylic acid groups (broad SMARTS) is 1. The third kappa shape index (κ3) is 5.85. The van der Waals surface area contributed by atoms with E-state index in [1.165, 1.54) is 48.5 Å². The zero-order valence-electron chi connectivity index (χ0n) is 23.3. The number of carboxylic acids is 1. The Morgan fingerprint density at radius 3 is 2.64 bits per heavy atom.